The summed E-state index contributed by atoms with van der Waals surface area (Å²) in [5.74, 6) is -0.0686. The van der Waals surface area contributed by atoms with Gasteiger partial charge in [0.05, 0.1) is 0 Å². The van der Waals surface area contributed by atoms with Crippen LogP contribution in [0.2, 0.25) is 0 Å². The first-order valence-electron chi connectivity index (χ1n) is 4.57. The Morgan fingerprint density at radius 3 is 2.25 bits per heavy atom. The van der Waals surface area contributed by atoms with E-state index in [-0.39, 0.29) is 18.1 Å². The minimum atomic E-state index is -4.59. The lowest BCUT2D eigenvalue weighted by molar-refractivity contribution is -0.281. The summed E-state index contributed by atoms with van der Waals surface area (Å²) in [5, 5.41) is 8.95. The number of alkyl halides is 3. The number of aromatic hydroxyl groups is 1. The van der Waals surface area contributed by atoms with Gasteiger partial charge in [0.15, 0.2) is 0 Å². The minimum Gasteiger partial charge on any atom is -0.508 e. The average molecular weight is 236 g/mol. The highest BCUT2D eigenvalue weighted by atomic mass is 19.4. The Labute approximate surface area is 90.4 Å². The third kappa shape index (κ3) is 3.62. The molecule has 1 rings (SSSR count). The van der Waals surface area contributed by atoms with Gasteiger partial charge in [0.1, 0.15) is 11.5 Å². The summed E-state index contributed by atoms with van der Waals surface area (Å²) < 4.78 is 46.2. The Bertz CT molecular complexity index is 321. The highest BCUT2D eigenvalue weighted by Crippen LogP contribution is 2.26. The number of phenolic OH excluding ortho intramolecular Hbond substituents is 1. The monoisotopic (exact) mass is 236 g/mol. The van der Waals surface area contributed by atoms with Crippen LogP contribution in [0.15, 0.2) is 24.3 Å². The predicted molar refractivity (Wildman–Crippen MR) is 50.2 cm³/mol. The van der Waals surface area contributed by atoms with Gasteiger partial charge in [0, 0.05) is 6.61 Å². The van der Waals surface area contributed by atoms with E-state index in [0.717, 1.165) is 0 Å². The zero-order chi connectivity index (χ0) is 12.2. The molecule has 0 saturated heterocycles. The van der Waals surface area contributed by atoms with Crippen molar-refractivity contribution in [1.82, 2.24) is 0 Å². The summed E-state index contributed by atoms with van der Waals surface area (Å²) in [7, 11) is 0. The van der Waals surface area contributed by atoms with Crippen LogP contribution in [-0.2, 0) is 4.74 Å². The van der Waals surface area contributed by atoms with E-state index in [9.17, 15) is 13.2 Å². The second-order valence-corrected chi connectivity index (χ2v) is 2.94. The summed E-state index contributed by atoms with van der Waals surface area (Å²) in [6.07, 6.45) is -6.88. The van der Waals surface area contributed by atoms with E-state index in [1.807, 2.05) is 0 Å². The molecule has 0 fully saturated rings. The van der Waals surface area contributed by atoms with Crippen LogP contribution in [0.5, 0.6) is 11.5 Å². The van der Waals surface area contributed by atoms with Crippen molar-refractivity contribution in [2.75, 3.05) is 6.61 Å². The molecule has 1 aromatic rings. The van der Waals surface area contributed by atoms with E-state index in [2.05, 4.69) is 9.47 Å². The fraction of sp³-hybridized carbons (Fsp3) is 0.400. The molecule has 1 aromatic carbocycles. The molecule has 3 nitrogen and oxygen atoms in total. The van der Waals surface area contributed by atoms with Gasteiger partial charge in [-0.2, -0.15) is 13.2 Å². The normalized spacial score (nSPS) is 13.5. The summed E-state index contributed by atoms with van der Waals surface area (Å²) in [6, 6.07) is 4.92. The van der Waals surface area contributed by atoms with Gasteiger partial charge < -0.3 is 14.6 Å². The number of phenols is 1. The number of rotatable bonds is 4. The Kier molecular flexibility index (Phi) is 4.00. The van der Waals surface area contributed by atoms with Crippen LogP contribution < -0.4 is 4.74 Å². The summed E-state index contributed by atoms with van der Waals surface area (Å²) >= 11 is 0. The van der Waals surface area contributed by atoms with Crippen LogP contribution in [0, 0.1) is 0 Å². The number of ether oxygens (including phenoxy) is 2. The number of hydrogen-bond donors (Lipinski definition) is 1. The van der Waals surface area contributed by atoms with E-state index >= 15 is 0 Å². The van der Waals surface area contributed by atoms with Crippen LogP contribution in [0.4, 0.5) is 13.2 Å². The molecular formula is C10H11F3O3. The molecule has 0 aliphatic rings. The molecule has 0 spiro atoms. The molecule has 0 aliphatic heterocycles. The molecule has 0 radical (unpaired) electrons. The molecule has 1 N–H and O–H groups in total. The van der Waals surface area contributed by atoms with Crippen molar-refractivity contribution in [3.8, 4) is 11.5 Å². The van der Waals surface area contributed by atoms with E-state index in [1.165, 1.54) is 31.2 Å². The smallest absolute Gasteiger partial charge is 0.452 e. The lowest BCUT2D eigenvalue weighted by Crippen LogP contribution is -2.36. The van der Waals surface area contributed by atoms with Crippen molar-refractivity contribution in [3.63, 3.8) is 0 Å². The van der Waals surface area contributed by atoms with Gasteiger partial charge in [-0.05, 0) is 31.2 Å². The number of halogens is 3. The summed E-state index contributed by atoms with van der Waals surface area (Å²) in [4.78, 5) is 0. The largest absolute Gasteiger partial charge is 0.508 e. The van der Waals surface area contributed by atoms with Crippen LogP contribution in [0.25, 0.3) is 0 Å². The highest BCUT2D eigenvalue weighted by Gasteiger charge is 2.43. The molecule has 0 aromatic heterocycles. The second-order valence-electron chi connectivity index (χ2n) is 2.94. The fourth-order valence-electron chi connectivity index (χ4n) is 0.995. The lowest BCUT2D eigenvalue weighted by atomic mass is 10.3. The van der Waals surface area contributed by atoms with Crippen LogP contribution in [-0.4, -0.2) is 24.2 Å². The molecule has 6 heteroatoms. The van der Waals surface area contributed by atoms with Gasteiger partial charge in [-0.1, -0.05) is 0 Å². The predicted octanol–water partition coefficient (Wildman–Crippen LogP) is 2.70. The zero-order valence-corrected chi connectivity index (χ0v) is 8.49. The van der Waals surface area contributed by atoms with Crippen molar-refractivity contribution < 1.29 is 27.8 Å². The molecule has 16 heavy (non-hydrogen) atoms. The average Bonchev–Trinajstić information content (AvgIpc) is 2.19. The quantitative estimate of drug-likeness (QED) is 0.817. The lowest BCUT2D eigenvalue weighted by Gasteiger charge is -2.21. The molecule has 0 amide bonds. The molecular weight excluding hydrogens is 225 g/mol. The standard InChI is InChI=1S/C10H11F3O3/c1-2-15-9(10(11,12)13)16-8-5-3-7(14)4-6-8/h3-6,9,14H,2H2,1H3. The Morgan fingerprint density at radius 2 is 1.81 bits per heavy atom. The van der Waals surface area contributed by atoms with E-state index in [0.29, 0.717) is 0 Å². The topological polar surface area (TPSA) is 38.7 Å². The summed E-state index contributed by atoms with van der Waals surface area (Å²) in [6.45, 7) is 1.33. The van der Waals surface area contributed by atoms with Crippen molar-refractivity contribution in [2.45, 2.75) is 19.4 Å². The van der Waals surface area contributed by atoms with Crippen molar-refractivity contribution in [2.24, 2.45) is 0 Å². The molecule has 0 bridgehead atoms. The molecule has 0 aliphatic carbocycles. The van der Waals surface area contributed by atoms with Crippen molar-refractivity contribution >= 4 is 0 Å². The van der Waals surface area contributed by atoms with Gasteiger partial charge >= 0.3 is 6.18 Å². The fourth-order valence-corrected chi connectivity index (χ4v) is 0.995. The van der Waals surface area contributed by atoms with E-state index < -0.39 is 12.5 Å². The van der Waals surface area contributed by atoms with Crippen LogP contribution in [0.1, 0.15) is 6.92 Å². The SMILES string of the molecule is CCOC(Oc1ccc(O)cc1)C(F)(F)F. The minimum absolute atomic E-state index is 0.0198. The maximum Gasteiger partial charge on any atom is 0.452 e. The van der Waals surface area contributed by atoms with Crippen molar-refractivity contribution in [3.05, 3.63) is 24.3 Å². The Hall–Kier alpha value is -1.43. The molecule has 0 heterocycles. The third-order valence-corrected chi connectivity index (χ3v) is 1.67. The van der Waals surface area contributed by atoms with E-state index in [1.54, 1.807) is 0 Å². The molecule has 0 saturated carbocycles. The Balaban J connectivity index is 2.72. The first-order chi connectivity index (χ1) is 7.43. The summed E-state index contributed by atoms with van der Waals surface area (Å²) in [5.41, 5.74) is 0. The van der Waals surface area contributed by atoms with Gasteiger partial charge in [-0.15, -0.1) is 0 Å². The van der Waals surface area contributed by atoms with Crippen LogP contribution >= 0.6 is 0 Å². The van der Waals surface area contributed by atoms with Gasteiger partial charge in [-0.3, -0.25) is 0 Å². The Morgan fingerprint density at radius 1 is 1.25 bits per heavy atom. The highest BCUT2D eigenvalue weighted by molar-refractivity contribution is 5.30. The van der Waals surface area contributed by atoms with Gasteiger partial charge in [0.2, 0.25) is 0 Å². The van der Waals surface area contributed by atoms with Gasteiger partial charge in [-0.25, -0.2) is 0 Å². The molecule has 1 atom stereocenters. The molecule has 90 valence electrons. The maximum atomic E-state index is 12.4. The number of hydrogen-bond acceptors (Lipinski definition) is 3. The van der Waals surface area contributed by atoms with E-state index in [4.69, 9.17) is 5.11 Å². The first kappa shape index (κ1) is 12.6. The van der Waals surface area contributed by atoms with Crippen molar-refractivity contribution in [1.29, 1.82) is 0 Å². The van der Waals surface area contributed by atoms with Gasteiger partial charge in [0.25, 0.3) is 6.29 Å². The molecule has 1 unspecified atom stereocenters. The maximum absolute atomic E-state index is 12.4. The number of benzene rings is 1. The zero-order valence-electron chi connectivity index (χ0n) is 8.49. The first-order valence-corrected chi connectivity index (χ1v) is 4.57. The third-order valence-electron chi connectivity index (χ3n) is 1.67. The van der Waals surface area contributed by atoms with Crippen LogP contribution in [0.3, 0.4) is 0 Å². The second kappa shape index (κ2) is 5.07.